The van der Waals surface area contributed by atoms with E-state index < -0.39 is 0 Å². The van der Waals surface area contributed by atoms with Gasteiger partial charge < -0.3 is 0 Å². The molecule has 0 unspecified atom stereocenters. The summed E-state index contributed by atoms with van der Waals surface area (Å²) in [5, 5.41) is 5.67. The van der Waals surface area contributed by atoms with Crippen LogP contribution < -0.4 is 5.56 Å². The van der Waals surface area contributed by atoms with Crippen LogP contribution in [0, 0.1) is 5.82 Å². The monoisotopic (exact) mass is 254 g/mol. The number of nitrogens with zero attached hydrogens (tertiary/aromatic N) is 2. The second kappa shape index (κ2) is 4.31. The Morgan fingerprint density at radius 3 is 2.32 bits per heavy atom. The average Bonchev–Trinajstić information content (AvgIpc) is 2.44. The Labute approximate surface area is 108 Å². The molecule has 4 heteroatoms. The summed E-state index contributed by atoms with van der Waals surface area (Å²) in [6.07, 6.45) is 0. The van der Waals surface area contributed by atoms with Crippen LogP contribution in [0.25, 0.3) is 22.0 Å². The number of fused-ring (bicyclic) bond motifs is 1. The van der Waals surface area contributed by atoms with Crippen LogP contribution in [-0.4, -0.2) is 9.78 Å². The molecule has 19 heavy (non-hydrogen) atoms. The molecule has 0 aliphatic heterocycles. The molecule has 2 aromatic carbocycles. The van der Waals surface area contributed by atoms with Gasteiger partial charge in [-0.25, -0.2) is 9.07 Å². The molecule has 1 heterocycles. The van der Waals surface area contributed by atoms with Crippen LogP contribution >= 0.6 is 0 Å². The molecule has 0 bridgehead atoms. The Kier molecular flexibility index (Phi) is 2.63. The van der Waals surface area contributed by atoms with Gasteiger partial charge in [-0.2, -0.15) is 5.10 Å². The van der Waals surface area contributed by atoms with Gasteiger partial charge in [0.25, 0.3) is 5.56 Å². The largest absolute Gasteiger partial charge is 0.274 e. The predicted molar refractivity (Wildman–Crippen MR) is 72.4 cm³/mol. The van der Waals surface area contributed by atoms with Crippen LogP contribution in [0.15, 0.2) is 53.3 Å². The third-order valence-corrected chi connectivity index (χ3v) is 3.07. The van der Waals surface area contributed by atoms with Gasteiger partial charge in [0, 0.05) is 18.0 Å². The normalized spacial score (nSPS) is 10.8. The zero-order valence-corrected chi connectivity index (χ0v) is 10.3. The van der Waals surface area contributed by atoms with Crippen molar-refractivity contribution in [2.75, 3.05) is 0 Å². The topological polar surface area (TPSA) is 34.9 Å². The molecular formula is C15H11FN2O. The predicted octanol–water partition coefficient (Wildman–Crippen LogP) is 2.74. The standard InChI is InChI=1S/C15H11FN2O/c1-18-15(19)13-5-3-2-4-12(13)14(17-18)10-6-8-11(16)9-7-10/h2-9H,1H3. The summed E-state index contributed by atoms with van der Waals surface area (Å²) in [4.78, 5) is 12.0. The molecule has 0 N–H and O–H groups in total. The van der Waals surface area contributed by atoms with Crippen molar-refractivity contribution in [1.82, 2.24) is 9.78 Å². The van der Waals surface area contributed by atoms with E-state index in [-0.39, 0.29) is 11.4 Å². The number of aryl methyl sites for hydroxylation is 1. The van der Waals surface area contributed by atoms with E-state index in [0.29, 0.717) is 11.1 Å². The van der Waals surface area contributed by atoms with E-state index in [1.807, 2.05) is 18.2 Å². The molecular weight excluding hydrogens is 243 g/mol. The van der Waals surface area contributed by atoms with Gasteiger partial charge in [-0.1, -0.05) is 18.2 Å². The van der Waals surface area contributed by atoms with Gasteiger partial charge in [-0.3, -0.25) is 4.79 Å². The molecule has 0 aliphatic rings. The fourth-order valence-electron chi connectivity index (χ4n) is 2.12. The van der Waals surface area contributed by atoms with E-state index in [9.17, 15) is 9.18 Å². The lowest BCUT2D eigenvalue weighted by Gasteiger charge is -2.08. The van der Waals surface area contributed by atoms with Crippen LogP contribution in [0.5, 0.6) is 0 Å². The van der Waals surface area contributed by atoms with Crippen LogP contribution in [0.4, 0.5) is 4.39 Å². The highest BCUT2D eigenvalue weighted by atomic mass is 19.1. The summed E-state index contributed by atoms with van der Waals surface area (Å²) in [6, 6.07) is 13.4. The first-order chi connectivity index (χ1) is 9.16. The Balaban J connectivity index is 2.38. The number of hydrogen-bond donors (Lipinski definition) is 0. The highest BCUT2D eigenvalue weighted by molar-refractivity contribution is 5.93. The van der Waals surface area contributed by atoms with E-state index >= 15 is 0 Å². The first-order valence-electron chi connectivity index (χ1n) is 5.89. The third kappa shape index (κ3) is 1.91. The van der Waals surface area contributed by atoms with Crippen molar-refractivity contribution >= 4 is 10.8 Å². The van der Waals surface area contributed by atoms with E-state index in [4.69, 9.17) is 0 Å². The zero-order chi connectivity index (χ0) is 13.4. The smallest absolute Gasteiger partial charge is 0.267 e. The molecule has 0 aliphatic carbocycles. The molecule has 0 saturated carbocycles. The van der Waals surface area contributed by atoms with Gasteiger partial charge in [0.1, 0.15) is 5.82 Å². The summed E-state index contributed by atoms with van der Waals surface area (Å²) in [7, 11) is 1.61. The van der Waals surface area contributed by atoms with Crippen molar-refractivity contribution in [3.8, 4) is 11.3 Å². The van der Waals surface area contributed by atoms with Crippen LogP contribution in [0.1, 0.15) is 0 Å². The second-order valence-electron chi connectivity index (χ2n) is 4.33. The van der Waals surface area contributed by atoms with Gasteiger partial charge in [0.15, 0.2) is 0 Å². The molecule has 0 fully saturated rings. The molecule has 3 aromatic rings. The van der Waals surface area contributed by atoms with Crippen LogP contribution in [0.3, 0.4) is 0 Å². The Bertz CT molecular complexity index is 806. The third-order valence-electron chi connectivity index (χ3n) is 3.07. The van der Waals surface area contributed by atoms with Crippen molar-refractivity contribution in [3.05, 3.63) is 64.7 Å². The average molecular weight is 254 g/mol. The summed E-state index contributed by atoms with van der Waals surface area (Å²) in [5.41, 5.74) is 1.33. The van der Waals surface area contributed by atoms with Gasteiger partial charge >= 0.3 is 0 Å². The molecule has 0 saturated heterocycles. The van der Waals surface area contributed by atoms with Gasteiger partial charge in [-0.15, -0.1) is 0 Å². The van der Waals surface area contributed by atoms with Crippen LogP contribution in [0.2, 0.25) is 0 Å². The van der Waals surface area contributed by atoms with Crippen LogP contribution in [-0.2, 0) is 7.05 Å². The van der Waals surface area contributed by atoms with E-state index in [1.54, 1.807) is 25.2 Å². The summed E-state index contributed by atoms with van der Waals surface area (Å²) in [6.45, 7) is 0. The Morgan fingerprint density at radius 1 is 1.00 bits per heavy atom. The first-order valence-corrected chi connectivity index (χ1v) is 5.89. The maximum atomic E-state index is 13.0. The van der Waals surface area contributed by atoms with Crippen molar-refractivity contribution in [2.45, 2.75) is 0 Å². The maximum Gasteiger partial charge on any atom is 0.274 e. The molecule has 3 rings (SSSR count). The maximum absolute atomic E-state index is 13.0. The lowest BCUT2D eigenvalue weighted by atomic mass is 10.1. The van der Waals surface area contributed by atoms with Crippen molar-refractivity contribution < 1.29 is 4.39 Å². The fourth-order valence-corrected chi connectivity index (χ4v) is 2.12. The van der Waals surface area contributed by atoms with Crippen molar-refractivity contribution in [2.24, 2.45) is 7.05 Å². The summed E-state index contributed by atoms with van der Waals surface area (Å²) in [5.74, 6) is -0.294. The summed E-state index contributed by atoms with van der Waals surface area (Å²) >= 11 is 0. The minimum absolute atomic E-state index is 0.138. The van der Waals surface area contributed by atoms with Gasteiger partial charge in [-0.05, 0) is 30.3 Å². The number of rotatable bonds is 1. The molecule has 0 amide bonds. The number of aromatic nitrogens is 2. The molecule has 0 radical (unpaired) electrons. The van der Waals surface area contributed by atoms with Gasteiger partial charge in [0.05, 0.1) is 11.1 Å². The number of halogens is 1. The summed E-state index contributed by atoms with van der Waals surface area (Å²) < 4.78 is 14.3. The van der Waals surface area contributed by atoms with Crippen molar-refractivity contribution in [3.63, 3.8) is 0 Å². The molecule has 0 spiro atoms. The quantitative estimate of drug-likeness (QED) is 0.669. The minimum atomic E-state index is -0.294. The molecule has 1 aromatic heterocycles. The van der Waals surface area contributed by atoms with E-state index in [2.05, 4.69) is 5.10 Å². The van der Waals surface area contributed by atoms with Gasteiger partial charge in [0.2, 0.25) is 0 Å². The number of benzene rings is 2. The number of hydrogen-bond acceptors (Lipinski definition) is 2. The Morgan fingerprint density at radius 2 is 1.63 bits per heavy atom. The molecule has 3 nitrogen and oxygen atoms in total. The SMILES string of the molecule is Cn1nc(-c2ccc(F)cc2)c2ccccc2c1=O. The van der Waals surface area contributed by atoms with E-state index in [1.165, 1.54) is 16.8 Å². The Hall–Kier alpha value is -2.49. The highest BCUT2D eigenvalue weighted by Gasteiger charge is 2.10. The fraction of sp³-hybridized carbons (Fsp3) is 0.0667. The van der Waals surface area contributed by atoms with E-state index in [0.717, 1.165) is 10.9 Å². The highest BCUT2D eigenvalue weighted by Crippen LogP contribution is 2.24. The first kappa shape index (κ1) is 11.6. The lowest BCUT2D eigenvalue weighted by molar-refractivity contribution is 0.628. The lowest BCUT2D eigenvalue weighted by Crippen LogP contribution is -2.20. The minimum Gasteiger partial charge on any atom is -0.267 e. The zero-order valence-electron chi connectivity index (χ0n) is 10.3. The second-order valence-corrected chi connectivity index (χ2v) is 4.33. The molecule has 94 valence electrons. The molecule has 0 atom stereocenters. The van der Waals surface area contributed by atoms with Crippen molar-refractivity contribution in [1.29, 1.82) is 0 Å².